The summed E-state index contributed by atoms with van der Waals surface area (Å²) >= 11 is 0. The lowest BCUT2D eigenvalue weighted by atomic mass is 9.83. The fraction of sp³-hybridized carbons (Fsp3) is 0.778. The van der Waals surface area contributed by atoms with E-state index in [1.807, 2.05) is 0 Å². The molecule has 52 valence electrons. The van der Waals surface area contributed by atoms with Gasteiger partial charge in [0.25, 0.3) is 0 Å². The Kier molecular flexibility index (Phi) is 2.32. The molecule has 1 aliphatic rings. The van der Waals surface area contributed by atoms with Gasteiger partial charge in [0.15, 0.2) is 0 Å². The summed E-state index contributed by atoms with van der Waals surface area (Å²) in [6.45, 7) is 6.16. The van der Waals surface area contributed by atoms with Gasteiger partial charge >= 0.3 is 0 Å². The standard InChI is InChI=1S/C9H16/c1-3-9-6-4-5-8(2)7-9/h3,8-9H,1,4-7H2,2H3/t8-,9+/m0/s1. The molecule has 9 heavy (non-hydrogen) atoms. The predicted molar refractivity (Wildman–Crippen MR) is 41.3 cm³/mol. The molecule has 0 aromatic rings. The van der Waals surface area contributed by atoms with Crippen molar-refractivity contribution in [2.75, 3.05) is 0 Å². The van der Waals surface area contributed by atoms with E-state index < -0.39 is 0 Å². The lowest BCUT2D eigenvalue weighted by Gasteiger charge is -2.23. The van der Waals surface area contributed by atoms with E-state index >= 15 is 0 Å². The Morgan fingerprint density at radius 1 is 1.44 bits per heavy atom. The van der Waals surface area contributed by atoms with Gasteiger partial charge in [0.05, 0.1) is 0 Å². The number of allylic oxidation sites excluding steroid dienone is 1. The Morgan fingerprint density at radius 3 is 2.67 bits per heavy atom. The fourth-order valence-corrected chi connectivity index (χ4v) is 1.70. The van der Waals surface area contributed by atoms with Crippen LogP contribution in [-0.4, -0.2) is 0 Å². The zero-order valence-electron chi connectivity index (χ0n) is 6.27. The second-order valence-electron chi connectivity index (χ2n) is 3.27. The molecule has 0 bridgehead atoms. The molecule has 0 heteroatoms. The minimum absolute atomic E-state index is 0.828. The van der Waals surface area contributed by atoms with Crippen LogP contribution >= 0.6 is 0 Å². The summed E-state index contributed by atoms with van der Waals surface area (Å²) in [4.78, 5) is 0. The van der Waals surface area contributed by atoms with Gasteiger partial charge in [-0.05, 0) is 24.7 Å². The van der Waals surface area contributed by atoms with Gasteiger partial charge in [-0.3, -0.25) is 0 Å². The minimum atomic E-state index is 0.828. The van der Waals surface area contributed by atoms with Crippen LogP contribution in [0, 0.1) is 11.8 Å². The van der Waals surface area contributed by atoms with Crippen molar-refractivity contribution < 1.29 is 0 Å². The normalized spacial score (nSPS) is 36.1. The van der Waals surface area contributed by atoms with Gasteiger partial charge in [0, 0.05) is 0 Å². The molecule has 0 aromatic heterocycles. The molecule has 2 atom stereocenters. The molecule has 0 unspecified atom stereocenters. The van der Waals surface area contributed by atoms with Gasteiger partial charge in [-0.1, -0.05) is 25.8 Å². The van der Waals surface area contributed by atoms with Crippen molar-refractivity contribution in [3.8, 4) is 0 Å². The molecule has 0 aliphatic heterocycles. The lowest BCUT2D eigenvalue weighted by Crippen LogP contribution is -2.10. The van der Waals surface area contributed by atoms with E-state index in [9.17, 15) is 0 Å². The SMILES string of the molecule is C=C[C@@H]1CCC[C@H](C)C1. The first-order valence-corrected chi connectivity index (χ1v) is 3.95. The third-order valence-electron chi connectivity index (χ3n) is 2.31. The Hall–Kier alpha value is -0.260. The summed E-state index contributed by atoms with van der Waals surface area (Å²) in [6.07, 6.45) is 7.73. The van der Waals surface area contributed by atoms with Crippen LogP contribution in [-0.2, 0) is 0 Å². The maximum atomic E-state index is 3.82. The van der Waals surface area contributed by atoms with Gasteiger partial charge in [-0.15, -0.1) is 6.58 Å². The third-order valence-corrected chi connectivity index (χ3v) is 2.31. The van der Waals surface area contributed by atoms with E-state index in [1.165, 1.54) is 25.7 Å². The second kappa shape index (κ2) is 3.05. The quantitative estimate of drug-likeness (QED) is 0.471. The Morgan fingerprint density at radius 2 is 2.22 bits per heavy atom. The second-order valence-corrected chi connectivity index (χ2v) is 3.27. The van der Waals surface area contributed by atoms with Gasteiger partial charge in [-0.25, -0.2) is 0 Å². The molecule has 0 heterocycles. The zero-order chi connectivity index (χ0) is 6.69. The summed E-state index contributed by atoms with van der Waals surface area (Å²) in [5.74, 6) is 1.77. The van der Waals surface area contributed by atoms with Gasteiger partial charge < -0.3 is 0 Å². The van der Waals surface area contributed by atoms with Crippen molar-refractivity contribution >= 4 is 0 Å². The van der Waals surface area contributed by atoms with Crippen molar-refractivity contribution in [1.82, 2.24) is 0 Å². The van der Waals surface area contributed by atoms with E-state index in [0.29, 0.717) is 0 Å². The van der Waals surface area contributed by atoms with Crippen LogP contribution < -0.4 is 0 Å². The van der Waals surface area contributed by atoms with Crippen molar-refractivity contribution in [3.05, 3.63) is 12.7 Å². The lowest BCUT2D eigenvalue weighted by molar-refractivity contribution is 0.325. The maximum Gasteiger partial charge on any atom is -0.0234 e. The van der Waals surface area contributed by atoms with Crippen molar-refractivity contribution in [2.45, 2.75) is 32.6 Å². The topological polar surface area (TPSA) is 0 Å². The molecule has 0 spiro atoms. The zero-order valence-corrected chi connectivity index (χ0v) is 6.27. The predicted octanol–water partition coefficient (Wildman–Crippen LogP) is 3.00. The Labute approximate surface area is 58.0 Å². The average Bonchev–Trinajstić information content (AvgIpc) is 1.88. The number of hydrogen-bond acceptors (Lipinski definition) is 0. The molecule has 0 radical (unpaired) electrons. The van der Waals surface area contributed by atoms with Gasteiger partial charge in [0.1, 0.15) is 0 Å². The first-order valence-electron chi connectivity index (χ1n) is 3.95. The van der Waals surface area contributed by atoms with Crippen LogP contribution in [0.15, 0.2) is 12.7 Å². The molecule has 0 saturated heterocycles. The molecule has 0 N–H and O–H groups in total. The van der Waals surface area contributed by atoms with Crippen molar-refractivity contribution in [3.63, 3.8) is 0 Å². The summed E-state index contributed by atoms with van der Waals surface area (Å²) in [6, 6.07) is 0. The summed E-state index contributed by atoms with van der Waals surface area (Å²) < 4.78 is 0. The number of rotatable bonds is 1. The van der Waals surface area contributed by atoms with E-state index in [1.54, 1.807) is 0 Å². The van der Waals surface area contributed by atoms with E-state index in [2.05, 4.69) is 19.6 Å². The Balaban J connectivity index is 2.31. The highest BCUT2D eigenvalue weighted by molar-refractivity contribution is 4.83. The Bertz CT molecular complexity index is 94.2. The van der Waals surface area contributed by atoms with Gasteiger partial charge in [-0.2, -0.15) is 0 Å². The van der Waals surface area contributed by atoms with Crippen LogP contribution in [0.5, 0.6) is 0 Å². The highest BCUT2D eigenvalue weighted by Crippen LogP contribution is 2.28. The first-order chi connectivity index (χ1) is 4.33. The highest BCUT2D eigenvalue weighted by atomic mass is 14.2. The van der Waals surface area contributed by atoms with E-state index in [-0.39, 0.29) is 0 Å². The van der Waals surface area contributed by atoms with Crippen LogP contribution in [0.25, 0.3) is 0 Å². The monoisotopic (exact) mass is 124 g/mol. The summed E-state index contributed by atoms with van der Waals surface area (Å²) in [7, 11) is 0. The number of hydrogen-bond donors (Lipinski definition) is 0. The maximum absolute atomic E-state index is 3.82. The third kappa shape index (κ3) is 1.85. The summed E-state index contributed by atoms with van der Waals surface area (Å²) in [5, 5.41) is 0. The molecular formula is C9H16. The largest absolute Gasteiger partial charge is 0.103 e. The van der Waals surface area contributed by atoms with Crippen LogP contribution in [0.1, 0.15) is 32.6 Å². The average molecular weight is 124 g/mol. The molecule has 1 rings (SSSR count). The van der Waals surface area contributed by atoms with E-state index in [4.69, 9.17) is 0 Å². The molecular weight excluding hydrogens is 108 g/mol. The highest BCUT2D eigenvalue weighted by Gasteiger charge is 2.15. The van der Waals surface area contributed by atoms with Crippen LogP contribution in [0.4, 0.5) is 0 Å². The molecule has 0 amide bonds. The fourth-order valence-electron chi connectivity index (χ4n) is 1.70. The van der Waals surface area contributed by atoms with Crippen LogP contribution in [0.3, 0.4) is 0 Å². The van der Waals surface area contributed by atoms with Gasteiger partial charge in [0.2, 0.25) is 0 Å². The molecule has 1 fully saturated rings. The van der Waals surface area contributed by atoms with Crippen molar-refractivity contribution in [1.29, 1.82) is 0 Å². The minimum Gasteiger partial charge on any atom is -0.103 e. The smallest absolute Gasteiger partial charge is 0.0234 e. The molecule has 1 aliphatic carbocycles. The molecule has 0 nitrogen and oxygen atoms in total. The first kappa shape index (κ1) is 6.85. The molecule has 0 aromatic carbocycles. The molecule has 1 saturated carbocycles. The summed E-state index contributed by atoms with van der Waals surface area (Å²) in [5.41, 5.74) is 0. The van der Waals surface area contributed by atoms with Crippen molar-refractivity contribution in [2.24, 2.45) is 11.8 Å². The van der Waals surface area contributed by atoms with Crippen LogP contribution in [0.2, 0.25) is 0 Å². The van der Waals surface area contributed by atoms with E-state index in [0.717, 1.165) is 11.8 Å².